The van der Waals surface area contributed by atoms with E-state index in [1.54, 1.807) is 0 Å². The van der Waals surface area contributed by atoms with Crippen LogP contribution in [-0.2, 0) is 0 Å². The zero-order chi connectivity index (χ0) is 14.0. The summed E-state index contributed by atoms with van der Waals surface area (Å²) in [5.74, 6) is -1.93. The highest BCUT2D eigenvalue weighted by atomic mass is 19.1. The predicted molar refractivity (Wildman–Crippen MR) is 67.0 cm³/mol. The van der Waals surface area contributed by atoms with E-state index in [9.17, 15) is 13.2 Å². The van der Waals surface area contributed by atoms with E-state index >= 15 is 0 Å². The first-order valence-corrected chi connectivity index (χ1v) is 5.36. The van der Waals surface area contributed by atoms with Gasteiger partial charge in [0.05, 0.1) is 24.2 Å². The van der Waals surface area contributed by atoms with Gasteiger partial charge in [0.15, 0.2) is 11.6 Å². The van der Waals surface area contributed by atoms with E-state index in [0.29, 0.717) is 0 Å². The number of anilines is 3. The highest BCUT2D eigenvalue weighted by Crippen LogP contribution is 2.31. The number of halogens is 3. The van der Waals surface area contributed by atoms with Gasteiger partial charge in [-0.15, -0.1) is 0 Å². The van der Waals surface area contributed by atoms with Crippen LogP contribution in [0.25, 0.3) is 0 Å². The Morgan fingerprint density at radius 2 is 1.74 bits per heavy atom. The van der Waals surface area contributed by atoms with Crippen molar-refractivity contribution in [3.63, 3.8) is 0 Å². The second kappa shape index (κ2) is 5.09. The van der Waals surface area contributed by atoms with Crippen molar-refractivity contribution in [1.82, 2.24) is 0 Å². The first-order valence-electron chi connectivity index (χ1n) is 5.36. The molecule has 0 unspecified atom stereocenters. The van der Waals surface area contributed by atoms with Gasteiger partial charge in [-0.2, -0.15) is 0 Å². The number of hydrogen-bond donors (Lipinski definition) is 2. The summed E-state index contributed by atoms with van der Waals surface area (Å²) in [6.45, 7) is 0. The summed E-state index contributed by atoms with van der Waals surface area (Å²) in [6, 6.07) is 5.27. The first-order chi connectivity index (χ1) is 9.01. The molecule has 0 amide bonds. The molecular formula is C13H11F3N2O. The van der Waals surface area contributed by atoms with Crippen molar-refractivity contribution < 1.29 is 17.9 Å². The molecule has 2 rings (SSSR count). The maximum atomic E-state index is 13.5. The van der Waals surface area contributed by atoms with Gasteiger partial charge in [0.25, 0.3) is 0 Å². The molecule has 0 radical (unpaired) electrons. The second-order valence-corrected chi connectivity index (χ2v) is 3.82. The van der Waals surface area contributed by atoms with Crippen molar-refractivity contribution in [3.05, 3.63) is 47.8 Å². The fourth-order valence-corrected chi connectivity index (χ4v) is 1.57. The number of benzene rings is 2. The summed E-state index contributed by atoms with van der Waals surface area (Å²) in [5, 5.41) is 2.60. The summed E-state index contributed by atoms with van der Waals surface area (Å²) in [6.07, 6.45) is 0. The van der Waals surface area contributed by atoms with Crippen molar-refractivity contribution >= 4 is 17.1 Å². The Bertz CT molecular complexity index is 617. The summed E-state index contributed by atoms with van der Waals surface area (Å²) >= 11 is 0. The average molecular weight is 268 g/mol. The molecule has 2 aromatic rings. The summed E-state index contributed by atoms with van der Waals surface area (Å²) < 4.78 is 44.7. The molecule has 6 heteroatoms. The monoisotopic (exact) mass is 268 g/mol. The van der Waals surface area contributed by atoms with E-state index in [1.807, 2.05) is 0 Å². The van der Waals surface area contributed by atoms with Gasteiger partial charge in [-0.1, -0.05) is 0 Å². The molecule has 0 spiro atoms. The summed E-state index contributed by atoms with van der Waals surface area (Å²) in [7, 11) is 1.29. The van der Waals surface area contributed by atoms with E-state index in [1.165, 1.54) is 13.2 Å². The van der Waals surface area contributed by atoms with Crippen LogP contribution in [0.1, 0.15) is 0 Å². The molecule has 0 aliphatic carbocycles. The van der Waals surface area contributed by atoms with E-state index in [-0.39, 0.29) is 22.8 Å². The number of hydrogen-bond acceptors (Lipinski definition) is 3. The molecule has 19 heavy (non-hydrogen) atoms. The third-order valence-corrected chi connectivity index (χ3v) is 2.52. The number of nitrogen functional groups attached to an aromatic ring is 1. The van der Waals surface area contributed by atoms with Gasteiger partial charge in [-0.25, -0.2) is 13.2 Å². The molecule has 0 heterocycles. The van der Waals surface area contributed by atoms with Crippen LogP contribution < -0.4 is 15.8 Å². The van der Waals surface area contributed by atoms with Gasteiger partial charge in [-0.05, 0) is 12.1 Å². The summed E-state index contributed by atoms with van der Waals surface area (Å²) in [4.78, 5) is 0. The number of rotatable bonds is 3. The molecule has 3 nitrogen and oxygen atoms in total. The topological polar surface area (TPSA) is 47.3 Å². The van der Waals surface area contributed by atoms with E-state index in [2.05, 4.69) is 5.32 Å². The number of ether oxygens (including phenoxy) is 1. The molecule has 0 aromatic heterocycles. The Morgan fingerprint density at radius 3 is 2.42 bits per heavy atom. The molecule has 100 valence electrons. The van der Waals surface area contributed by atoms with Crippen LogP contribution >= 0.6 is 0 Å². The SMILES string of the molecule is COc1cc(Nc2cc(F)ccc2F)c(N)cc1F. The molecule has 0 aliphatic rings. The Morgan fingerprint density at radius 1 is 1.00 bits per heavy atom. The van der Waals surface area contributed by atoms with Crippen LogP contribution in [0.2, 0.25) is 0 Å². The zero-order valence-electron chi connectivity index (χ0n) is 10.0. The smallest absolute Gasteiger partial charge is 0.167 e. The lowest BCUT2D eigenvalue weighted by Gasteiger charge is -2.12. The van der Waals surface area contributed by atoms with Crippen molar-refractivity contribution in [2.24, 2.45) is 0 Å². The van der Waals surface area contributed by atoms with Gasteiger partial charge < -0.3 is 15.8 Å². The third-order valence-electron chi connectivity index (χ3n) is 2.52. The molecule has 2 aromatic carbocycles. The molecule has 3 N–H and O–H groups in total. The van der Waals surface area contributed by atoms with Gasteiger partial charge in [-0.3, -0.25) is 0 Å². The maximum Gasteiger partial charge on any atom is 0.167 e. The molecule has 0 aliphatic heterocycles. The Hall–Kier alpha value is -2.37. The van der Waals surface area contributed by atoms with Crippen LogP contribution in [0.15, 0.2) is 30.3 Å². The van der Waals surface area contributed by atoms with Crippen LogP contribution in [0.3, 0.4) is 0 Å². The zero-order valence-corrected chi connectivity index (χ0v) is 10.0. The minimum absolute atomic E-state index is 0.0477. The van der Waals surface area contributed by atoms with Crippen LogP contribution in [0.4, 0.5) is 30.2 Å². The second-order valence-electron chi connectivity index (χ2n) is 3.82. The van der Waals surface area contributed by atoms with Crippen LogP contribution in [-0.4, -0.2) is 7.11 Å². The van der Waals surface area contributed by atoms with Crippen LogP contribution in [0.5, 0.6) is 5.75 Å². The lowest BCUT2D eigenvalue weighted by atomic mass is 10.2. The van der Waals surface area contributed by atoms with Gasteiger partial charge in [0.2, 0.25) is 0 Å². The fourth-order valence-electron chi connectivity index (χ4n) is 1.57. The van der Waals surface area contributed by atoms with Crippen molar-refractivity contribution in [1.29, 1.82) is 0 Å². The van der Waals surface area contributed by atoms with Crippen LogP contribution in [0, 0.1) is 17.5 Å². The molecule has 0 bridgehead atoms. The predicted octanol–water partition coefficient (Wildman–Crippen LogP) is 3.44. The normalized spacial score (nSPS) is 10.3. The molecule has 0 saturated heterocycles. The largest absolute Gasteiger partial charge is 0.494 e. The minimum atomic E-state index is -0.649. The van der Waals surface area contributed by atoms with Crippen molar-refractivity contribution in [2.75, 3.05) is 18.2 Å². The quantitative estimate of drug-likeness (QED) is 0.838. The first kappa shape index (κ1) is 13.1. The molecule has 0 fully saturated rings. The Balaban J connectivity index is 2.40. The van der Waals surface area contributed by atoms with Gasteiger partial charge in [0.1, 0.15) is 11.6 Å². The third kappa shape index (κ3) is 2.73. The fraction of sp³-hybridized carbons (Fsp3) is 0.0769. The highest BCUT2D eigenvalue weighted by molar-refractivity contribution is 5.74. The number of nitrogens with two attached hydrogens (primary N) is 1. The van der Waals surface area contributed by atoms with Crippen molar-refractivity contribution in [3.8, 4) is 5.75 Å². The lowest BCUT2D eigenvalue weighted by Crippen LogP contribution is -2.01. The lowest BCUT2D eigenvalue weighted by molar-refractivity contribution is 0.387. The summed E-state index contributed by atoms with van der Waals surface area (Å²) in [5.41, 5.74) is 5.79. The van der Waals surface area contributed by atoms with E-state index in [0.717, 1.165) is 24.3 Å². The molecule has 0 atom stereocenters. The maximum absolute atomic E-state index is 13.5. The number of methoxy groups -OCH3 is 1. The van der Waals surface area contributed by atoms with Gasteiger partial charge in [0, 0.05) is 18.2 Å². The average Bonchev–Trinajstić information content (AvgIpc) is 2.37. The Labute approximate surface area is 107 Å². The number of nitrogens with one attached hydrogen (secondary N) is 1. The van der Waals surface area contributed by atoms with E-state index in [4.69, 9.17) is 10.5 Å². The standard InChI is InChI=1S/C13H11F3N2O/c1-19-13-6-12(10(17)5-9(13)16)18-11-4-7(14)2-3-8(11)15/h2-6,18H,17H2,1H3. The van der Waals surface area contributed by atoms with Gasteiger partial charge >= 0.3 is 0 Å². The minimum Gasteiger partial charge on any atom is -0.494 e. The Kier molecular flexibility index (Phi) is 3.50. The van der Waals surface area contributed by atoms with Crippen molar-refractivity contribution in [2.45, 2.75) is 0 Å². The molecule has 0 saturated carbocycles. The highest BCUT2D eigenvalue weighted by Gasteiger charge is 2.11. The molecular weight excluding hydrogens is 257 g/mol. The van der Waals surface area contributed by atoms with E-state index < -0.39 is 17.5 Å².